The molecule has 0 saturated carbocycles. The van der Waals surface area contributed by atoms with Crippen LogP contribution in [0.1, 0.15) is 37.8 Å². The van der Waals surface area contributed by atoms with Crippen LogP contribution in [0.25, 0.3) is 0 Å². The minimum Gasteiger partial charge on any atom is -0.315 e. The molecule has 0 unspecified atom stereocenters. The van der Waals surface area contributed by atoms with E-state index >= 15 is 0 Å². The second kappa shape index (κ2) is 6.91. The zero-order valence-electron chi connectivity index (χ0n) is 11.8. The molecule has 0 fully saturated rings. The van der Waals surface area contributed by atoms with Crippen LogP contribution in [0, 0.1) is 5.92 Å². The highest BCUT2D eigenvalue weighted by molar-refractivity contribution is 5.30. The van der Waals surface area contributed by atoms with E-state index < -0.39 is 0 Å². The van der Waals surface area contributed by atoms with E-state index in [0.29, 0.717) is 0 Å². The molecule has 1 heterocycles. The first-order valence-electron chi connectivity index (χ1n) is 7.25. The fourth-order valence-corrected chi connectivity index (χ4v) is 2.56. The SMILES string of the molecule is CC(C)CCCNCCN1Cc2ccccc2C1. The molecule has 0 bridgehead atoms. The molecule has 0 spiro atoms. The summed E-state index contributed by atoms with van der Waals surface area (Å²) in [6.07, 6.45) is 2.64. The third-order valence-electron chi connectivity index (χ3n) is 3.65. The van der Waals surface area contributed by atoms with E-state index in [9.17, 15) is 0 Å². The number of benzene rings is 1. The van der Waals surface area contributed by atoms with Gasteiger partial charge in [0.1, 0.15) is 0 Å². The highest BCUT2D eigenvalue weighted by atomic mass is 15.1. The van der Waals surface area contributed by atoms with Crippen LogP contribution in [-0.2, 0) is 13.1 Å². The van der Waals surface area contributed by atoms with E-state index in [1.165, 1.54) is 30.5 Å². The number of nitrogens with zero attached hydrogens (tertiary/aromatic N) is 1. The Bertz CT molecular complexity index is 335. The van der Waals surface area contributed by atoms with Crippen LogP contribution in [0.15, 0.2) is 24.3 Å². The van der Waals surface area contributed by atoms with Gasteiger partial charge in [-0.05, 0) is 36.4 Å². The Balaban J connectivity index is 1.57. The molecule has 2 rings (SSSR count). The van der Waals surface area contributed by atoms with Gasteiger partial charge in [-0.25, -0.2) is 0 Å². The van der Waals surface area contributed by atoms with Gasteiger partial charge in [0.15, 0.2) is 0 Å². The Labute approximate surface area is 111 Å². The summed E-state index contributed by atoms with van der Waals surface area (Å²) in [7, 11) is 0. The molecular formula is C16H26N2. The molecule has 1 aliphatic rings. The van der Waals surface area contributed by atoms with E-state index in [2.05, 4.69) is 48.3 Å². The van der Waals surface area contributed by atoms with Crippen molar-refractivity contribution in [3.05, 3.63) is 35.4 Å². The Morgan fingerprint density at radius 3 is 2.39 bits per heavy atom. The average Bonchev–Trinajstić information content (AvgIpc) is 2.75. The summed E-state index contributed by atoms with van der Waals surface area (Å²) in [5, 5.41) is 3.55. The molecule has 0 aromatic heterocycles. The van der Waals surface area contributed by atoms with Gasteiger partial charge in [0, 0.05) is 26.2 Å². The molecular weight excluding hydrogens is 220 g/mol. The lowest BCUT2D eigenvalue weighted by Gasteiger charge is -2.15. The van der Waals surface area contributed by atoms with Crippen LogP contribution in [-0.4, -0.2) is 24.5 Å². The fourth-order valence-electron chi connectivity index (χ4n) is 2.56. The number of fused-ring (bicyclic) bond motifs is 1. The maximum absolute atomic E-state index is 3.55. The zero-order chi connectivity index (χ0) is 12.8. The lowest BCUT2D eigenvalue weighted by molar-refractivity contribution is 0.283. The summed E-state index contributed by atoms with van der Waals surface area (Å²) < 4.78 is 0. The minimum absolute atomic E-state index is 0.833. The van der Waals surface area contributed by atoms with Gasteiger partial charge in [0.25, 0.3) is 0 Å². The maximum Gasteiger partial charge on any atom is 0.0241 e. The van der Waals surface area contributed by atoms with Gasteiger partial charge in [-0.2, -0.15) is 0 Å². The molecule has 18 heavy (non-hydrogen) atoms. The molecule has 100 valence electrons. The van der Waals surface area contributed by atoms with E-state index in [1.54, 1.807) is 0 Å². The normalized spacial score (nSPS) is 15.3. The summed E-state index contributed by atoms with van der Waals surface area (Å²) in [6, 6.07) is 8.80. The van der Waals surface area contributed by atoms with Crippen molar-refractivity contribution >= 4 is 0 Å². The van der Waals surface area contributed by atoms with E-state index in [-0.39, 0.29) is 0 Å². The molecule has 1 aromatic rings. The topological polar surface area (TPSA) is 15.3 Å². The summed E-state index contributed by atoms with van der Waals surface area (Å²) in [4.78, 5) is 2.53. The zero-order valence-corrected chi connectivity index (χ0v) is 11.8. The summed E-state index contributed by atoms with van der Waals surface area (Å²) in [6.45, 7) is 10.3. The van der Waals surface area contributed by atoms with Crippen molar-refractivity contribution in [2.75, 3.05) is 19.6 Å². The Morgan fingerprint density at radius 2 is 1.78 bits per heavy atom. The minimum atomic E-state index is 0.833. The van der Waals surface area contributed by atoms with Gasteiger partial charge < -0.3 is 5.32 Å². The monoisotopic (exact) mass is 246 g/mol. The standard InChI is InChI=1S/C16H26N2/c1-14(2)6-5-9-17-10-11-18-12-15-7-3-4-8-16(15)13-18/h3-4,7-8,14,17H,5-6,9-13H2,1-2H3. The molecule has 0 aliphatic carbocycles. The lowest BCUT2D eigenvalue weighted by atomic mass is 10.1. The fraction of sp³-hybridized carbons (Fsp3) is 0.625. The van der Waals surface area contributed by atoms with E-state index in [4.69, 9.17) is 0 Å². The average molecular weight is 246 g/mol. The van der Waals surface area contributed by atoms with Crippen molar-refractivity contribution in [2.45, 2.75) is 39.8 Å². The first-order valence-corrected chi connectivity index (χ1v) is 7.25. The van der Waals surface area contributed by atoms with Crippen LogP contribution < -0.4 is 5.32 Å². The van der Waals surface area contributed by atoms with Gasteiger partial charge >= 0.3 is 0 Å². The van der Waals surface area contributed by atoms with Crippen molar-refractivity contribution < 1.29 is 0 Å². The number of nitrogens with one attached hydrogen (secondary N) is 1. The molecule has 1 N–H and O–H groups in total. The highest BCUT2D eigenvalue weighted by Gasteiger charge is 2.16. The summed E-state index contributed by atoms with van der Waals surface area (Å²) in [5.74, 6) is 0.833. The molecule has 0 amide bonds. The van der Waals surface area contributed by atoms with Crippen LogP contribution >= 0.6 is 0 Å². The Morgan fingerprint density at radius 1 is 1.11 bits per heavy atom. The van der Waals surface area contributed by atoms with Crippen molar-refractivity contribution in [3.63, 3.8) is 0 Å². The molecule has 0 radical (unpaired) electrons. The van der Waals surface area contributed by atoms with Crippen molar-refractivity contribution in [3.8, 4) is 0 Å². The van der Waals surface area contributed by atoms with Crippen LogP contribution in [0.5, 0.6) is 0 Å². The lowest BCUT2D eigenvalue weighted by Crippen LogP contribution is -2.29. The first-order chi connectivity index (χ1) is 8.75. The van der Waals surface area contributed by atoms with E-state index in [1.807, 2.05) is 0 Å². The van der Waals surface area contributed by atoms with Crippen LogP contribution in [0.4, 0.5) is 0 Å². The molecule has 1 aromatic carbocycles. The van der Waals surface area contributed by atoms with Crippen LogP contribution in [0.3, 0.4) is 0 Å². The van der Waals surface area contributed by atoms with Gasteiger partial charge in [0.05, 0.1) is 0 Å². The predicted octanol–water partition coefficient (Wildman–Crippen LogP) is 3.03. The van der Waals surface area contributed by atoms with Crippen molar-refractivity contribution in [1.29, 1.82) is 0 Å². The summed E-state index contributed by atoms with van der Waals surface area (Å²) in [5.41, 5.74) is 3.02. The maximum atomic E-state index is 3.55. The third kappa shape index (κ3) is 4.11. The predicted molar refractivity (Wildman–Crippen MR) is 77.5 cm³/mol. The second-order valence-corrected chi connectivity index (χ2v) is 5.77. The van der Waals surface area contributed by atoms with Crippen LogP contribution in [0.2, 0.25) is 0 Å². The molecule has 1 aliphatic heterocycles. The van der Waals surface area contributed by atoms with Gasteiger partial charge in [0.2, 0.25) is 0 Å². The van der Waals surface area contributed by atoms with Gasteiger partial charge in [-0.15, -0.1) is 0 Å². The van der Waals surface area contributed by atoms with Gasteiger partial charge in [-0.3, -0.25) is 4.90 Å². The number of hydrogen-bond acceptors (Lipinski definition) is 2. The number of rotatable bonds is 7. The quantitative estimate of drug-likeness (QED) is 0.744. The third-order valence-corrected chi connectivity index (χ3v) is 3.65. The Kier molecular flexibility index (Phi) is 5.21. The molecule has 0 saturated heterocycles. The van der Waals surface area contributed by atoms with Crippen molar-refractivity contribution in [1.82, 2.24) is 10.2 Å². The molecule has 2 nitrogen and oxygen atoms in total. The first kappa shape index (κ1) is 13.6. The molecule has 0 atom stereocenters. The largest absolute Gasteiger partial charge is 0.315 e. The number of hydrogen-bond donors (Lipinski definition) is 1. The van der Waals surface area contributed by atoms with Crippen molar-refractivity contribution in [2.24, 2.45) is 5.92 Å². The van der Waals surface area contributed by atoms with E-state index in [0.717, 1.165) is 32.1 Å². The highest BCUT2D eigenvalue weighted by Crippen LogP contribution is 2.21. The van der Waals surface area contributed by atoms with Gasteiger partial charge in [-0.1, -0.05) is 38.1 Å². The molecule has 2 heteroatoms. The second-order valence-electron chi connectivity index (χ2n) is 5.77. The smallest absolute Gasteiger partial charge is 0.0241 e. The summed E-state index contributed by atoms with van der Waals surface area (Å²) >= 11 is 0. The Hall–Kier alpha value is -0.860.